The Balaban J connectivity index is 2.92. The van der Waals surface area contributed by atoms with Crippen molar-refractivity contribution in [2.75, 3.05) is 0 Å². The lowest BCUT2D eigenvalue weighted by molar-refractivity contribution is 0.627. The zero-order valence-electron chi connectivity index (χ0n) is 12.0. The van der Waals surface area contributed by atoms with Gasteiger partial charge in [-0.1, -0.05) is 37.8 Å². The van der Waals surface area contributed by atoms with Crippen LogP contribution in [0.25, 0.3) is 5.57 Å². The van der Waals surface area contributed by atoms with Gasteiger partial charge in [0.2, 0.25) is 0 Å². The summed E-state index contributed by atoms with van der Waals surface area (Å²) in [7, 11) is 0. The van der Waals surface area contributed by atoms with Gasteiger partial charge in [0.1, 0.15) is 5.82 Å². The summed E-state index contributed by atoms with van der Waals surface area (Å²) in [4.78, 5) is 0. The smallest absolute Gasteiger partial charge is 0.123 e. The molecule has 0 aliphatic carbocycles. The van der Waals surface area contributed by atoms with Crippen LogP contribution in [0.15, 0.2) is 66.7 Å². The number of hydrogen-bond donors (Lipinski definition) is 2. The fraction of sp³-hybridized carbons (Fsp3) is 0.176. The lowest BCUT2D eigenvalue weighted by Gasteiger charge is -2.07. The Morgan fingerprint density at radius 2 is 1.95 bits per heavy atom. The molecule has 0 bridgehead atoms. The molecule has 106 valence electrons. The molecule has 3 heteroatoms. The van der Waals surface area contributed by atoms with E-state index in [4.69, 9.17) is 5.73 Å². The van der Waals surface area contributed by atoms with E-state index in [9.17, 15) is 4.39 Å². The summed E-state index contributed by atoms with van der Waals surface area (Å²) in [5.41, 5.74) is 9.47. The third-order valence-corrected chi connectivity index (χ3v) is 2.79. The average Bonchev–Trinajstić information content (AvgIpc) is 2.45. The fourth-order valence-electron chi connectivity index (χ4n) is 1.69. The Labute approximate surface area is 120 Å². The summed E-state index contributed by atoms with van der Waals surface area (Å²) < 4.78 is 12.9. The number of halogens is 1. The number of hydrogen-bond acceptors (Lipinski definition) is 2. The van der Waals surface area contributed by atoms with Gasteiger partial charge in [0.25, 0.3) is 0 Å². The quantitative estimate of drug-likeness (QED) is 0.765. The predicted molar refractivity (Wildman–Crippen MR) is 84.0 cm³/mol. The molecular weight excluding hydrogens is 251 g/mol. The third-order valence-electron chi connectivity index (χ3n) is 2.79. The molecule has 0 aromatic heterocycles. The minimum absolute atomic E-state index is 0.236. The Morgan fingerprint density at radius 1 is 1.30 bits per heavy atom. The van der Waals surface area contributed by atoms with Crippen molar-refractivity contribution in [1.29, 1.82) is 0 Å². The molecule has 0 aliphatic rings. The Bertz CT molecular complexity index is 537. The highest BCUT2D eigenvalue weighted by molar-refractivity contribution is 5.65. The van der Waals surface area contributed by atoms with E-state index in [1.54, 1.807) is 18.3 Å². The second kappa shape index (κ2) is 8.00. The molecule has 0 fully saturated rings. The monoisotopic (exact) mass is 272 g/mol. The van der Waals surface area contributed by atoms with Crippen LogP contribution in [0.2, 0.25) is 0 Å². The van der Waals surface area contributed by atoms with Gasteiger partial charge in [-0.05, 0) is 48.9 Å². The molecule has 1 rings (SSSR count). The van der Waals surface area contributed by atoms with Crippen molar-refractivity contribution in [3.05, 3.63) is 78.0 Å². The highest BCUT2D eigenvalue weighted by atomic mass is 19.1. The number of allylic oxidation sites excluding steroid dienone is 4. The minimum Gasteiger partial charge on any atom is -0.397 e. The van der Waals surface area contributed by atoms with Gasteiger partial charge in [-0.2, -0.15) is 0 Å². The first-order valence-electron chi connectivity index (χ1n) is 6.56. The molecule has 0 radical (unpaired) electrons. The molecule has 0 unspecified atom stereocenters. The predicted octanol–water partition coefficient (Wildman–Crippen LogP) is 4.10. The molecule has 0 saturated carbocycles. The van der Waals surface area contributed by atoms with E-state index in [1.165, 1.54) is 12.1 Å². The summed E-state index contributed by atoms with van der Waals surface area (Å²) in [6.45, 7) is 7.63. The van der Waals surface area contributed by atoms with E-state index in [0.29, 0.717) is 5.70 Å². The van der Waals surface area contributed by atoms with Gasteiger partial charge >= 0.3 is 0 Å². The number of benzene rings is 1. The van der Waals surface area contributed by atoms with E-state index in [0.717, 1.165) is 23.3 Å². The maximum Gasteiger partial charge on any atom is 0.123 e. The van der Waals surface area contributed by atoms with Gasteiger partial charge in [0.05, 0.1) is 11.4 Å². The Morgan fingerprint density at radius 3 is 2.50 bits per heavy atom. The molecule has 1 aromatic rings. The van der Waals surface area contributed by atoms with E-state index < -0.39 is 0 Å². The highest BCUT2D eigenvalue weighted by Crippen LogP contribution is 2.15. The SMILES string of the molecule is C=CNC(=C\CC)/C(N)=C\C=C(/C)c1ccc(F)cc1. The van der Waals surface area contributed by atoms with Gasteiger partial charge in [-0.3, -0.25) is 0 Å². The van der Waals surface area contributed by atoms with Gasteiger partial charge in [0, 0.05) is 0 Å². The summed E-state index contributed by atoms with van der Waals surface area (Å²) in [5.74, 6) is -0.236. The molecular formula is C17H21FN2. The second-order valence-corrected chi connectivity index (χ2v) is 4.35. The van der Waals surface area contributed by atoms with E-state index in [1.807, 2.05) is 32.1 Å². The number of rotatable bonds is 6. The summed E-state index contributed by atoms with van der Waals surface area (Å²) in [5, 5.41) is 3.01. The van der Waals surface area contributed by atoms with Crippen LogP contribution >= 0.6 is 0 Å². The Hall–Kier alpha value is -2.29. The van der Waals surface area contributed by atoms with Gasteiger partial charge < -0.3 is 11.1 Å². The largest absolute Gasteiger partial charge is 0.397 e. The zero-order chi connectivity index (χ0) is 15.0. The van der Waals surface area contributed by atoms with Gasteiger partial charge in [-0.25, -0.2) is 4.39 Å². The third kappa shape index (κ3) is 4.76. The number of nitrogens with two attached hydrogens (primary N) is 1. The molecule has 0 aliphatic heterocycles. The van der Waals surface area contributed by atoms with Crippen LogP contribution in [0, 0.1) is 5.82 Å². The van der Waals surface area contributed by atoms with Crippen LogP contribution in [0.4, 0.5) is 4.39 Å². The topological polar surface area (TPSA) is 38.0 Å². The molecule has 1 aromatic carbocycles. The zero-order valence-corrected chi connectivity index (χ0v) is 12.0. The minimum atomic E-state index is -0.236. The maximum absolute atomic E-state index is 12.9. The van der Waals surface area contributed by atoms with Crippen molar-refractivity contribution >= 4 is 5.57 Å². The van der Waals surface area contributed by atoms with Crippen molar-refractivity contribution in [2.24, 2.45) is 5.73 Å². The first-order valence-corrected chi connectivity index (χ1v) is 6.56. The van der Waals surface area contributed by atoms with Crippen molar-refractivity contribution in [2.45, 2.75) is 20.3 Å². The molecule has 0 saturated heterocycles. The van der Waals surface area contributed by atoms with E-state index >= 15 is 0 Å². The highest BCUT2D eigenvalue weighted by Gasteiger charge is 1.98. The van der Waals surface area contributed by atoms with Crippen molar-refractivity contribution in [3.8, 4) is 0 Å². The Kier molecular flexibility index (Phi) is 6.30. The molecule has 3 N–H and O–H groups in total. The van der Waals surface area contributed by atoms with Crippen molar-refractivity contribution < 1.29 is 4.39 Å². The van der Waals surface area contributed by atoms with Crippen LogP contribution < -0.4 is 11.1 Å². The molecule has 20 heavy (non-hydrogen) atoms. The standard InChI is InChI=1S/C17H21FN2/c1-4-6-17(20-5-2)16(19)12-7-13(3)14-8-10-15(18)11-9-14/h5-12,20H,2,4,19H2,1,3H3/b13-7+,16-12+,17-6-. The average molecular weight is 272 g/mol. The molecule has 0 heterocycles. The van der Waals surface area contributed by atoms with Crippen LogP contribution in [-0.4, -0.2) is 0 Å². The maximum atomic E-state index is 12.9. The second-order valence-electron chi connectivity index (χ2n) is 4.35. The van der Waals surface area contributed by atoms with Gasteiger partial charge in [0.15, 0.2) is 0 Å². The van der Waals surface area contributed by atoms with Crippen LogP contribution in [-0.2, 0) is 0 Å². The lowest BCUT2D eigenvalue weighted by atomic mass is 10.1. The molecule has 0 atom stereocenters. The van der Waals surface area contributed by atoms with Crippen molar-refractivity contribution in [1.82, 2.24) is 5.32 Å². The van der Waals surface area contributed by atoms with Gasteiger partial charge in [-0.15, -0.1) is 0 Å². The first kappa shape index (κ1) is 15.8. The lowest BCUT2D eigenvalue weighted by Crippen LogP contribution is -2.12. The number of nitrogens with one attached hydrogen (secondary N) is 1. The van der Waals surface area contributed by atoms with Crippen LogP contribution in [0.5, 0.6) is 0 Å². The fourth-order valence-corrected chi connectivity index (χ4v) is 1.69. The normalized spacial score (nSPS) is 13.2. The van der Waals surface area contributed by atoms with Crippen LogP contribution in [0.3, 0.4) is 0 Å². The molecule has 0 amide bonds. The summed E-state index contributed by atoms with van der Waals surface area (Å²) in [6, 6.07) is 6.38. The first-order chi connectivity index (χ1) is 9.58. The van der Waals surface area contributed by atoms with E-state index in [-0.39, 0.29) is 5.82 Å². The van der Waals surface area contributed by atoms with Crippen molar-refractivity contribution in [3.63, 3.8) is 0 Å². The van der Waals surface area contributed by atoms with Crippen LogP contribution in [0.1, 0.15) is 25.8 Å². The summed E-state index contributed by atoms with van der Waals surface area (Å²) >= 11 is 0. The summed E-state index contributed by atoms with van der Waals surface area (Å²) in [6.07, 6.45) is 8.21. The molecule has 2 nitrogen and oxygen atoms in total. The molecule has 0 spiro atoms. The van der Waals surface area contributed by atoms with E-state index in [2.05, 4.69) is 11.9 Å².